The monoisotopic (exact) mass is 236 g/mol. The van der Waals surface area contributed by atoms with Crippen molar-refractivity contribution in [1.82, 2.24) is 10.4 Å². The first-order valence-electron chi connectivity index (χ1n) is 4.79. The Balaban J connectivity index is 2.92. The van der Waals surface area contributed by atoms with Crippen LogP contribution in [0.4, 0.5) is 0 Å². The minimum absolute atomic E-state index is 0.160. The van der Waals surface area contributed by atoms with Gasteiger partial charge in [-0.1, -0.05) is 0 Å². The van der Waals surface area contributed by atoms with E-state index in [9.17, 15) is 15.0 Å². The lowest BCUT2D eigenvalue weighted by atomic mass is 10.0. The van der Waals surface area contributed by atoms with Gasteiger partial charge in [-0.2, -0.15) is 5.26 Å². The molecule has 2 atom stereocenters. The Kier molecular flexibility index (Phi) is 4.54. The number of pyridine rings is 1. The molecule has 0 saturated heterocycles. The van der Waals surface area contributed by atoms with Crippen LogP contribution in [0.2, 0.25) is 0 Å². The predicted octanol–water partition coefficient (Wildman–Crippen LogP) is -1.01. The molecule has 0 aromatic carbocycles. The molecule has 1 aromatic heterocycles. The Bertz CT molecular complexity index is 443. The summed E-state index contributed by atoms with van der Waals surface area (Å²) in [4.78, 5) is 15.0. The highest BCUT2D eigenvalue weighted by Gasteiger charge is 2.19. The number of nitriles is 1. The van der Waals surface area contributed by atoms with Gasteiger partial charge in [-0.15, -0.1) is 0 Å². The van der Waals surface area contributed by atoms with Crippen molar-refractivity contribution in [3.05, 3.63) is 29.6 Å². The Morgan fingerprint density at radius 3 is 2.88 bits per heavy atom. The van der Waals surface area contributed by atoms with Crippen molar-refractivity contribution in [3.8, 4) is 6.07 Å². The zero-order valence-electron chi connectivity index (χ0n) is 8.87. The maximum atomic E-state index is 11.2. The van der Waals surface area contributed by atoms with E-state index in [4.69, 9.17) is 11.1 Å². The molecule has 90 valence electrons. The minimum atomic E-state index is -1.27. The number of aromatic nitrogens is 1. The van der Waals surface area contributed by atoms with Crippen LogP contribution in [0.15, 0.2) is 18.5 Å². The highest BCUT2D eigenvalue weighted by molar-refractivity contribution is 5.93. The van der Waals surface area contributed by atoms with E-state index in [0.29, 0.717) is 0 Å². The van der Waals surface area contributed by atoms with Crippen LogP contribution in [0.3, 0.4) is 0 Å². The van der Waals surface area contributed by atoms with E-state index in [-0.39, 0.29) is 17.5 Å². The fraction of sp³-hybridized carbons (Fsp3) is 0.300. The average molecular weight is 236 g/mol. The van der Waals surface area contributed by atoms with Gasteiger partial charge in [0.25, 0.3) is 5.91 Å². The molecular formula is C10H12N4O3. The van der Waals surface area contributed by atoms with E-state index in [2.05, 4.69) is 4.98 Å². The second-order valence-electron chi connectivity index (χ2n) is 3.35. The molecule has 1 aromatic rings. The number of rotatable bonds is 4. The van der Waals surface area contributed by atoms with Crippen LogP contribution in [0.25, 0.3) is 0 Å². The molecule has 5 N–H and O–H groups in total. The molecule has 0 aliphatic carbocycles. The second kappa shape index (κ2) is 5.91. The number of aliphatic hydroxyl groups is 2. The van der Waals surface area contributed by atoms with Gasteiger partial charge in [0.1, 0.15) is 6.10 Å². The van der Waals surface area contributed by atoms with E-state index in [1.54, 1.807) is 6.07 Å². The number of amides is 1. The molecule has 0 aliphatic heterocycles. The molecule has 2 unspecified atom stereocenters. The number of hydrogen-bond acceptors (Lipinski definition) is 6. The van der Waals surface area contributed by atoms with Gasteiger partial charge in [-0.25, -0.2) is 5.84 Å². The summed E-state index contributed by atoms with van der Waals surface area (Å²) in [6.07, 6.45) is -0.132. The van der Waals surface area contributed by atoms with Crippen LogP contribution in [-0.4, -0.2) is 27.2 Å². The number of carbonyl (C=O) groups is 1. The van der Waals surface area contributed by atoms with Gasteiger partial charge in [-0.3, -0.25) is 15.2 Å². The molecular weight excluding hydrogens is 224 g/mol. The maximum Gasteiger partial charge on any atom is 0.266 e. The molecule has 0 bridgehead atoms. The lowest BCUT2D eigenvalue weighted by Gasteiger charge is -2.15. The number of hydrazine groups is 1. The number of aliphatic hydroxyl groups excluding tert-OH is 2. The van der Waals surface area contributed by atoms with Crippen molar-refractivity contribution in [2.75, 3.05) is 0 Å². The summed E-state index contributed by atoms with van der Waals surface area (Å²) in [5.74, 6) is 4.40. The summed E-state index contributed by atoms with van der Waals surface area (Å²) in [6, 6.07) is 3.08. The summed E-state index contributed by atoms with van der Waals surface area (Å²) >= 11 is 0. The van der Waals surface area contributed by atoms with Crippen LogP contribution in [0, 0.1) is 11.3 Å². The largest absolute Gasteiger partial charge is 0.389 e. The van der Waals surface area contributed by atoms with Crippen LogP contribution in [0.1, 0.15) is 28.4 Å². The van der Waals surface area contributed by atoms with Crippen molar-refractivity contribution < 1.29 is 15.0 Å². The highest BCUT2D eigenvalue weighted by Crippen LogP contribution is 2.18. The van der Waals surface area contributed by atoms with E-state index in [1.807, 2.05) is 5.43 Å². The van der Waals surface area contributed by atoms with Gasteiger partial charge in [0.2, 0.25) is 0 Å². The zero-order valence-corrected chi connectivity index (χ0v) is 8.87. The molecule has 7 heteroatoms. The Hall–Kier alpha value is -2.01. The molecule has 1 heterocycles. The Morgan fingerprint density at radius 1 is 1.59 bits per heavy atom. The Labute approximate surface area is 97.5 Å². The molecule has 1 rings (SSSR count). The van der Waals surface area contributed by atoms with Crippen molar-refractivity contribution in [2.24, 2.45) is 5.84 Å². The number of hydrogen-bond donors (Lipinski definition) is 4. The predicted molar refractivity (Wildman–Crippen MR) is 57.1 cm³/mol. The maximum absolute atomic E-state index is 11.2. The smallest absolute Gasteiger partial charge is 0.266 e. The third kappa shape index (κ3) is 3.22. The zero-order chi connectivity index (χ0) is 12.8. The first-order valence-corrected chi connectivity index (χ1v) is 4.79. The summed E-state index contributed by atoms with van der Waals surface area (Å²) in [5.41, 5.74) is 2.33. The highest BCUT2D eigenvalue weighted by atomic mass is 16.3. The molecule has 7 nitrogen and oxygen atoms in total. The molecule has 0 spiro atoms. The van der Waals surface area contributed by atoms with E-state index in [1.165, 1.54) is 18.5 Å². The number of nitrogen functional groups attached to an aromatic ring is 1. The van der Waals surface area contributed by atoms with Crippen LogP contribution >= 0.6 is 0 Å². The third-order valence-electron chi connectivity index (χ3n) is 2.16. The lowest BCUT2D eigenvalue weighted by molar-refractivity contribution is 0.0214. The van der Waals surface area contributed by atoms with Crippen LogP contribution < -0.4 is 11.3 Å². The SMILES string of the molecule is N#CCC(O)C(O)c1cncc(C(=O)NN)c1. The molecule has 17 heavy (non-hydrogen) atoms. The molecule has 1 amide bonds. The Morgan fingerprint density at radius 2 is 2.29 bits per heavy atom. The van der Waals surface area contributed by atoms with Gasteiger partial charge in [0.05, 0.1) is 24.2 Å². The average Bonchev–Trinajstić information content (AvgIpc) is 2.37. The number of nitrogens with two attached hydrogens (primary N) is 1. The van der Waals surface area contributed by atoms with Crippen molar-refractivity contribution in [2.45, 2.75) is 18.6 Å². The van der Waals surface area contributed by atoms with Crippen molar-refractivity contribution in [3.63, 3.8) is 0 Å². The fourth-order valence-corrected chi connectivity index (χ4v) is 1.25. The first-order chi connectivity index (χ1) is 8.10. The third-order valence-corrected chi connectivity index (χ3v) is 2.16. The summed E-state index contributed by atoms with van der Waals surface area (Å²) in [7, 11) is 0. The molecule has 0 fully saturated rings. The number of nitrogens with zero attached hydrogens (tertiary/aromatic N) is 2. The molecule has 0 saturated carbocycles. The van der Waals surface area contributed by atoms with Gasteiger partial charge in [0, 0.05) is 18.0 Å². The van der Waals surface area contributed by atoms with Crippen LogP contribution in [0.5, 0.6) is 0 Å². The fourth-order valence-electron chi connectivity index (χ4n) is 1.25. The molecule has 0 radical (unpaired) electrons. The summed E-state index contributed by atoms with van der Waals surface area (Å²) in [6.45, 7) is 0. The van der Waals surface area contributed by atoms with Crippen molar-refractivity contribution in [1.29, 1.82) is 5.26 Å². The van der Waals surface area contributed by atoms with Gasteiger partial charge in [-0.05, 0) is 6.07 Å². The minimum Gasteiger partial charge on any atom is -0.389 e. The second-order valence-corrected chi connectivity index (χ2v) is 3.35. The van der Waals surface area contributed by atoms with E-state index in [0.717, 1.165) is 0 Å². The van der Waals surface area contributed by atoms with Gasteiger partial charge < -0.3 is 10.2 Å². The summed E-state index contributed by atoms with van der Waals surface area (Å²) < 4.78 is 0. The summed E-state index contributed by atoms with van der Waals surface area (Å²) in [5, 5.41) is 27.5. The quantitative estimate of drug-likeness (QED) is 0.301. The standard InChI is InChI=1S/C10H12N4O3/c11-2-1-8(15)9(16)6-3-7(5-13-4-6)10(17)14-12/h3-5,8-9,15-16H,1,12H2,(H,14,17). The van der Waals surface area contributed by atoms with Gasteiger partial charge >= 0.3 is 0 Å². The van der Waals surface area contributed by atoms with Crippen molar-refractivity contribution >= 4 is 5.91 Å². The van der Waals surface area contributed by atoms with E-state index >= 15 is 0 Å². The molecule has 0 aliphatic rings. The first kappa shape index (κ1) is 13.1. The normalized spacial score (nSPS) is 13.5. The van der Waals surface area contributed by atoms with E-state index < -0.39 is 18.1 Å². The topological polar surface area (TPSA) is 132 Å². The number of nitrogens with one attached hydrogen (secondary N) is 1. The lowest BCUT2D eigenvalue weighted by Crippen LogP contribution is -2.30. The van der Waals surface area contributed by atoms with Gasteiger partial charge in [0.15, 0.2) is 0 Å². The van der Waals surface area contributed by atoms with Crippen LogP contribution in [-0.2, 0) is 0 Å². The number of carbonyl (C=O) groups excluding carboxylic acids is 1.